The Morgan fingerprint density at radius 1 is 1.00 bits per heavy atom. The summed E-state index contributed by atoms with van der Waals surface area (Å²) in [6, 6.07) is 10.7. The van der Waals surface area contributed by atoms with Crippen LogP contribution in [-0.4, -0.2) is 5.97 Å². The van der Waals surface area contributed by atoms with E-state index >= 15 is 0 Å². The molecule has 5 heteroatoms. The molecular formula is C21H15F3O2. The first-order valence-corrected chi connectivity index (χ1v) is 7.99. The van der Waals surface area contributed by atoms with Gasteiger partial charge in [0.25, 0.3) is 0 Å². The summed E-state index contributed by atoms with van der Waals surface area (Å²) < 4.78 is 46.1. The lowest BCUT2D eigenvalue weighted by atomic mass is 10.1. The van der Waals surface area contributed by atoms with Crippen LogP contribution in [0.2, 0.25) is 0 Å². The van der Waals surface area contributed by atoms with Crippen LogP contribution in [0.3, 0.4) is 0 Å². The summed E-state index contributed by atoms with van der Waals surface area (Å²) in [6.45, 7) is 3.61. The van der Waals surface area contributed by atoms with Crippen molar-refractivity contribution in [3.8, 4) is 5.75 Å². The van der Waals surface area contributed by atoms with Crippen LogP contribution in [0.25, 0.3) is 10.8 Å². The number of aryl methyl sites for hydroxylation is 1. The molecule has 26 heavy (non-hydrogen) atoms. The summed E-state index contributed by atoms with van der Waals surface area (Å²) in [5.74, 6) is -3.57. The maximum absolute atomic E-state index is 14.1. The van der Waals surface area contributed by atoms with E-state index in [9.17, 15) is 18.0 Å². The molecule has 2 nitrogen and oxygen atoms in total. The predicted octanol–water partition coefficient (Wildman–Crippen LogP) is 5.59. The second kappa shape index (κ2) is 7.44. The standard InChI is InChI=1S/C21H15F3O2/c1-2-3-4-13-5-10-19(18(23)11-13)26-21(25)15-6-8-16-14(12-15)7-9-17(22)20(16)24/h2,5-12H,1,3-4H2. The van der Waals surface area contributed by atoms with E-state index in [1.807, 2.05) is 0 Å². The fraction of sp³-hybridized carbons (Fsp3) is 0.0952. The summed E-state index contributed by atoms with van der Waals surface area (Å²) in [5.41, 5.74) is 0.879. The molecular weight excluding hydrogens is 341 g/mol. The first-order valence-electron chi connectivity index (χ1n) is 7.99. The molecule has 3 aromatic carbocycles. The van der Waals surface area contributed by atoms with E-state index in [2.05, 4.69) is 6.58 Å². The van der Waals surface area contributed by atoms with Gasteiger partial charge in [-0.2, -0.15) is 0 Å². The minimum atomic E-state index is -0.983. The van der Waals surface area contributed by atoms with Gasteiger partial charge in [-0.3, -0.25) is 0 Å². The van der Waals surface area contributed by atoms with Crippen LogP contribution in [-0.2, 0) is 6.42 Å². The monoisotopic (exact) mass is 356 g/mol. The van der Waals surface area contributed by atoms with Crippen LogP contribution in [0.1, 0.15) is 22.3 Å². The highest BCUT2D eigenvalue weighted by molar-refractivity contribution is 5.96. The van der Waals surface area contributed by atoms with Gasteiger partial charge in [-0.05, 0) is 54.1 Å². The maximum atomic E-state index is 14.1. The number of carbonyl (C=O) groups is 1. The summed E-state index contributed by atoms with van der Waals surface area (Å²) in [7, 11) is 0. The number of hydrogen-bond acceptors (Lipinski definition) is 2. The Hall–Kier alpha value is -3.08. The Kier molecular flexibility index (Phi) is 5.07. The van der Waals surface area contributed by atoms with Gasteiger partial charge < -0.3 is 4.74 Å². The molecule has 0 radical (unpaired) electrons. The molecule has 0 bridgehead atoms. The molecule has 0 saturated heterocycles. The number of fused-ring (bicyclic) bond motifs is 1. The smallest absolute Gasteiger partial charge is 0.343 e. The lowest BCUT2D eigenvalue weighted by Crippen LogP contribution is -2.09. The molecule has 3 rings (SSSR count). The first kappa shape index (κ1) is 17.7. The largest absolute Gasteiger partial charge is 0.420 e. The topological polar surface area (TPSA) is 26.3 Å². The lowest BCUT2D eigenvalue weighted by molar-refractivity contribution is 0.0728. The van der Waals surface area contributed by atoms with E-state index in [0.29, 0.717) is 18.2 Å². The Morgan fingerprint density at radius 3 is 2.54 bits per heavy atom. The second-order valence-electron chi connectivity index (χ2n) is 5.78. The number of rotatable bonds is 5. The average Bonchev–Trinajstić information content (AvgIpc) is 2.64. The third-order valence-electron chi connectivity index (χ3n) is 3.98. The highest BCUT2D eigenvalue weighted by Gasteiger charge is 2.14. The van der Waals surface area contributed by atoms with Gasteiger partial charge in [0.15, 0.2) is 23.2 Å². The van der Waals surface area contributed by atoms with Crippen molar-refractivity contribution in [1.82, 2.24) is 0 Å². The minimum absolute atomic E-state index is 0.0549. The van der Waals surface area contributed by atoms with Gasteiger partial charge in [0.2, 0.25) is 0 Å². The van der Waals surface area contributed by atoms with Crippen LogP contribution in [0.4, 0.5) is 13.2 Å². The molecule has 0 aromatic heterocycles. The third-order valence-corrected chi connectivity index (χ3v) is 3.98. The van der Waals surface area contributed by atoms with Crippen LogP contribution < -0.4 is 4.74 Å². The number of allylic oxidation sites excluding steroid dienone is 1. The Bertz CT molecular complexity index is 996. The average molecular weight is 356 g/mol. The van der Waals surface area contributed by atoms with Crippen molar-refractivity contribution in [3.63, 3.8) is 0 Å². The molecule has 3 aromatic rings. The molecule has 0 atom stereocenters. The fourth-order valence-corrected chi connectivity index (χ4v) is 2.60. The van der Waals surface area contributed by atoms with Crippen molar-refractivity contribution < 1.29 is 22.7 Å². The Balaban J connectivity index is 1.83. The zero-order valence-electron chi connectivity index (χ0n) is 13.8. The van der Waals surface area contributed by atoms with Crippen molar-refractivity contribution in [2.75, 3.05) is 0 Å². The first-order chi connectivity index (χ1) is 12.5. The van der Waals surface area contributed by atoms with Crippen LogP contribution in [0.5, 0.6) is 5.75 Å². The molecule has 0 amide bonds. The molecule has 0 fully saturated rings. The van der Waals surface area contributed by atoms with Gasteiger partial charge in [0.05, 0.1) is 5.56 Å². The van der Waals surface area contributed by atoms with Crippen molar-refractivity contribution >= 4 is 16.7 Å². The minimum Gasteiger partial charge on any atom is -0.420 e. The van der Waals surface area contributed by atoms with Gasteiger partial charge in [-0.15, -0.1) is 6.58 Å². The van der Waals surface area contributed by atoms with Gasteiger partial charge in [-0.1, -0.05) is 24.3 Å². The quantitative estimate of drug-likeness (QED) is 0.338. The predicted molar refractivity (Wildman–Crippen MR) is 93.7 cm³/mol. The van der Waals surface area contributed by atoms with Crippen molar-refractivity contribution in [2.24, 2.45) is 0 Å². The van der Waals surface area contributed by atoms with Gasteiger partial charge >= 0.3 is 5.97 Å². The number of hydrogen-bond donors (Lipinski definition) is 0. The number of carbonyl (C=O) groups excluding carboxylic acids is 1. The fourth-order valence-electron chi connectivity index (χ4n) is 2.60. The van der Waals surface area contributed by atoms with Crippen molar-refractivity contribution in [3.05, 3.63) is 89.8 Å². The lowest BCUT2D eigenvalue weighted by Gasteiger charge is -2.08. The molecule has 0 aliphatic rings. The van der Waals surface area contributed by atoms with Crippen molar-refractivity contribution in [1.29, 1.82) is 0 Å². The van der Waals surface area contributed by atoms with E-state index in [-0.39, 0.29) is 16.7 Å². The zero-order chi connectivity index (χ0) is 18.7. The summed E-state index contributed by atoms with van der Waals surface area (Å²) in [4.78, 5) is 12.2. The maximum Gasteiger partial charge on any atom is 0.343 e. The Morgan fingerprint density at radius 2 is 1.81 bits per heavy atom. The SMILES string of the molecule is C=CCCc1ccc(OC(=O)c2ccc3c(F)c(F)ccc3c2)c(F)c1. The molecule has 0 aliphatic heterocycles. The summed E-state index contributed by atoms with van der Waals surface area (Å²) in [6.07, 6.45) is 3.09. The Labute approximate surface area is 148 Å². The number of halogens is 3. The zero-order valence-corrected chi connectivity index (χ0v) is 13.8. The van der Waals surface area contributed by atoms with Crippen LogP contribution in [0, 0.1) is 17.5 Å². The van der Waals surface area contributed by atoms with Crippen LogP contribution >= 0.6 is 0 Å². The molecule has 132 valence electrons. The van der Waals surface area contributed by atoms with Crippen LogP contribution in [0.15, 0.2) is 61.2 Å². The van der Waals surface area contributed by atoms with Gasteiger partial charge in [0, 0.05) is 5.39 Å². The molecule has 0 unspecified atom stereocenters. The number of benzene rings is 3. The second-order valence-corrected chi connectivity index (χ2v) is 5.78. The molecule has 0 heterocycles. The number of ether oxygens (including phenoxy) is 1. The van der Waals surface area contributed by atoms with Crippen molar-refractivity contribution in [2.45, 2.75) is 12.8 Å². The summed E-state index contributed by atoms with van der Waals surface area (Å²) in [5, 5.41) is 0.401. The highest BCUT2D eigenvalue weighted by atomic mass is 19.2. The highest BCUT2D eigenvalue weighted by Crippen LogP contribution is 2.24. The molecule has 0 spiro atoms. The van der Waals surface area contributed by atoms with Gasteiger partial charge in [0.1, 0.15) is 0 Å². The van der Waals surface area contributed by atoms with E-state index in [0.717, 1.165) is 11.6 Å². The third kappa shape index (κ3) is 3.61. The van der Waals surface area contributed by atoms with E-state index in [4.69, 9.17) is 4.74 Å². The summed E-state index contributed by atoms with van der Waals surface area (Å²) >= 11 is 0. The van der Waals surface area contributed by atoms with E-state index in [1.54, 1.807) is 12.1 Å². The van der Waals surface area contributed by atoms with E-state index < -0.39 is 23.4 Å². The van der Waals surface area contributed by atoms with Gasteiger partial charge in [-0.25, -0.2) is 18.0 Å². The number of esters is 1. The normalized spacial score (nSPS) is 10.7. The molecule has 0 N–H and O–H groups in total. The van der Waals surface area contributed by atoms with E-state index in [1.165, 1.54) is 36.4 Å². The molecule has 0 saturated carbocycles. The molecule has 0 aliphatic carbocycles.